The van der Waals surface area contributed by atoms with Crippen LogP contribution in [0.3, 0.4) is 0 Å². The van der Waals surface area contributed by atoms with E-state index in [4.69, 9.17) is 23.2 Å². The van der Waals surface area contributed by atoms with Gasteiger partial charge in [0, 0.05) is 38.2 Å². The van der Waals surface area contributed by atoms with Crippen LogP contribution in [0.1, 0.15) is 38.4 Å². The maximum Gasteiger partial charge on any atom is 0.271 e. The highest BCUT2D eigenvalue weighted by Gasteiger charge is 2.26. The average molecular weight is 646 g/mol. The molecule has 224 valence electrons. The number of carbonyl (C=O) groups excluding carboxylic acids is 1. The molecular formula is C34H30Cl2N4O3S. The molecule has 0 aliphatic rings. The van der Waals surface area contributed by atoms with Crippen LogP contribution in [0.2, 0.25) is 10.0 Å². The lowest BCUT2D eigenvalue weighted by Crippen LogP contribution is -2.31. The number of hydrogen-bond donors (Lipinski definition) is 1. The van der Waals surface area contributed by atoms with Gasteiger partial charge in [-0.15, -0.1) is 0 Å². The van der Waals surface area contributed by atoms with Crippen LogP contribution < -0.4 is 9.73 Å². The molecule has 0 spiro atoms. The summed E-state index contributed by atoms with van der Waals surface area (Å²) < 4.78 is 30.9. The fraction of sp³-hybridized carbons (Fsp3) is 0.118. The van der Waals surface area contributed by atoms with E-state index in [2.05, 4.69) is 15.1 Å². The van der Waals surface area contributed by atoms with Crippen molar-refractivity contribution in [1.29, 1.82) is 0 Å². The van der Waals surface area contributed by atoms with E-state index in [1.807, 2.05) is 51.1 Å². The lowest BCUT2D eigenvalue weighted by Gasteiger charge is -2.26. The molecule has 1 heterocycles. The van der Waals surface area contributed by atoms with Crippen molar-refractivity contribution in [2.75, 3.05) is 4.31 Å². The molecule has 44 heavy (non-hydrogen) atoms. The summed E-state index contributed by atoms with van der Waals surface area (Å²) in [5, 5.41) is 5.25. The number of hydrogen-bond acceptors (Lipinski definition) is 4. The first kappa shape index (κ1) is 31.1. The van der Waals surface area contributed by atoms with E-state index < -0.39 is 15.9 Å². The predicted octanol–water partition coefficient (Wildman–Crippen LogP) is 7.87. The number of carbonyl (C=O) groups is 1. The van der Waals surface area contributed by atoms with E-state index in [1.54, 1.807) is 79.0 Å². The van der Waals surface area contributed by atoms with Crippen LogP contribution in [0, 0.1) is 20.8 Å². The third-order valence-electron chi connectivity index (χ3n) is 7.22. The van der Waals surface area contributed by atoms with Crippen molar-refractivity contribution in [2.45, 2.75) is 32.2 Å². The third kappa shape index (κ3) is 6.73. The molecule has 0 atom stereocenters. The Balaban J connectivity index is 1.33. The number of halogens is 2. The molecule has 0 bridgehead atoms. The summed E-state index contributed by atoms with van der Waals surface area (Å²) in [6.07, 6.45) is 1.61. The minimum Gasteiger partial charge on any atom is -0.318 e. The summed E-state index contributed by atoms with van der Waals surface area (Å²) in [5.74, 6) is -0.393. The molecule has 0 fully saturated rings. The highest BCUT2D eigenvalue weighted by atomic mass is 35.5. The van der Waals surface area contributed by atoms with Crippen molar-refractivity contribution in [2.24, 2.45) is 5.10 Å². The number of anilines is 1. The molecule has 7 nitrogen and oxygen atoms in total. The zero-order valence-corrected chi connectivity index (χ0v) is 26.7. The molecule has 1 amide bonds. The molecule has 10 heteroatoms. The summed E-state index contributed by atoms with van der Waals surface area (Å²) in [6, 6.07) is 29.7. The van der Waals surface area contributed by atoms with Crippen molar-refractivity contribution in [3.63, 3.8) is 0 Å². The Labute approximate surface area is 267 Å². The molecule has 0 unspecified atom stereocenters. The normalized spacial score (nSPS) is 11.6. The van der Waals surface area contributed by atoms with Crippen molar-refractivity contribution >= 4 is 51.0 Å². The number of rotatable bonds is 9. The maximum absolute atomic E-state index is 13.7. The number of aromatic nitrogens is 1. The van der Waals surface area contributed by atoms with Crippen molar-refractivity contribution in [1.82, 2.24) is 9.99 Å². The molecule has 0 aliphatic carbocycles. The zero-order valence-electron chi connectivity index (χ0n) is 24.3. The second-order valence-corrected chi connectivity index (χ2v) is 13.0. The smallest absolute Gasteiger partial charge is 0.271 e. The molecule has 0 saturated carbocycles. The van der Waals surface area contributed by atoms with Gasteiger partial charge in [0.15, 0.2) is 0 Å². The molecule has 4 aromatic carbocycles. The van der Waals surface area contributed by atoms with Crippen molar-refractivity contribution in [3.05, 3.63) is 147 Å². The second-order valence-electron chi connectivity index (χ2n) is 10.3. The van der Waals surface area contributed by atoms with Crippen molar-refractivity contribution in [3.8, 4) is 5.69 Å². The lowest BCUT2D eigenvalue weighted by molar-refractivity contribution is 0.0955. The van der Waals surface area contributed by atoms with Gasteiger partial charge < -0.3 is 4.57 Å². The fourth-order valence-electron chi connectivity index (χ4n) is 4.95. The average Bonchev–Trinajstić information content (AvgIpc) is 3.30. The Hall–Kier alpha value is -4.37. The van der Waals surface area contributed by atoms with E-state index >= 15 is 0 Å². The van der Waals surface area contributed by atoms with Gasteiger partial charge in [-0.3, -0.25) is 9.10 Å². The van der Waals surface area contributed by atoms with Gasteiger partial charge in [0.05, 0.1) is 23.3 Å². The van der Waals surface area contributed by atoms with Crippen LogP contribution in [-0.2, 0) is 16.6 Å². The molecular weight excluding hydrogens is 615 g/mol. The van der Waals surface area contributed by atoms with Crippen LogP contribution >= 0.6 is 23.2 Å². The van der Waals surface area contributed by atoms with Crippen LogP contribution in [-0.4, -0.2) is 25.1 Å². The maximum atomic E-state index is 13.7. The van der Waals surface area contributed by atoms with E-state index in [9.17, 15) is 13.2 Å². The summed E-state index contributed by atoms with van der Waals surface area (Å²) in [4.78, 5) is 13.0. The number of hydrazone groups is 1. The number of benzene rings is 4. The SMILES string of the molecule is Cc1ccc(Cl)cc1N(Cc1ccc(C(=O)N/N=C\c2cc(C)n(-c3cccc(Cl)c3)c2C)cc1)S(=O)(=O)c1ccccc1. The number of amides is 1. The minimum atomic E-state index is -3.91. The Morgan fingerprint density at radius 1 is 0.864 bits per heavy atom. The molecule has 1 aromatic heterocycles. The summed E-state index contributed by atoms with van der Waals surface area (Å²) >= 11 is 12.4. The largest absolute Gasteiger partial charge is 0.318 e. The first-order chi connectivity index (χ1) is 21.0. The standard InChI is InChI=1S/C34H30Cl2N4O3S/c1-23-12-17-30(36)20-33(23)39(44(42,43)32-10-5-4-6-11-32)22-26-13-15-27(16-14-26)34(41)38-37-21-28-18-24(2)40(25(28)3)31-9-7-8-29(35)19-31/h4-21H,22H2,1-3H3,(H,38,41)/b37-21-. The monoisotopic (exact) mass is 644 g/mol. The van der Waals surface area contributed by atoms with E-state index in [0.29, 0.717) is 26.9 Å². The van der Waals surface area contributed by atoms with Gasteiger partial charge in [0.2, 0.25) is 0 Å². The number of nitrogens with one attached hydrogen (secondary N) is 1. The minimum absolute atomic E-state index is 0.0424. The van der Waals surface area contributed by atoms with Gasteiger partial charge in [0.25, 0.3) is 15.9 Å². The first-order valence-electron chi connectivity index (χ1n) is 13.8. The number of aryl methyl sites for hydroxylation is 2. The van der Waals surface area contributed by atoms with Crippen LogP contribution in [0.5, 0.6) is 0 Å². The predicted molar refractivity (Wildman–Crippen MR) is 178 cm³/mol. The summed E-state index contributed by atoms with van der Waals surface area (Å²) in [5.41, 5.74) is 8.65. The van der Waals surface area contributed by atoms with Gasteiger partial charge in [0.1, 0.15) is 0 Å². The molecule has 5 aromatic rings. The summed E-state index contributed by atoms with van der Waals surface area (Å²) in [7, 11) is -3.91. The topological polar surface area (TPSA) is 83.8 Å². The molecule has 0 saturated heterocycles. The highest BCUT2D eigenvalue weighted by molar-refractivity contribution is 7.92. The Morgan fingerprint density at radius 3 is 2.27 bits per heavy atom. The number of nitrogens with zero attached hydrogens (tertiary/aromatic N) is 3. The van der Waals surface area contributed by atoms with Crippen LogP contribution in [0.4, 0.5) is 5.69 Å². The highest BCUT2D eigenvalue weighted by Crippen LogP contribution is 2.31. The Kier molecular flexibility index (Phi) is 9.25. The van der Waals surface area contributed by atoms with E-state index in [1.165, 1.54) is 4.31 Å². The Morgan fingerprint density at radius 2 is 1.57 bits per heavy atom. The van der Waals surface area contributed by atoms with Gasteiger partial charge in [-0.2, -0.15) is 5.10 Å². The van der Waals surface area contributed by atoms with E-state index in [-0.39, 0.29) is 11.4 Å². The Bertz CT molecular complexity index is 1950. The third-order valence-corrected chi connectivity index (χ3v) is 9.46. The van der Waals surface area contributed by atoms with Crippen molar-refractivity contribution < 1.29 is 13.2 Å². The fourth-order valence-corrected chi connectivity index (χ4v) is 6.83. The number of sulfonamides is 1. The second kappa shape index (κ2) is 13.1. The first-order valence-corrected chi connectivity index (χ1v) is 16.0. The van der Waals surface area contributed by atoms with Gasteiger partial charge in [-0.25, -0.2) is 13.8 Å². The zero-order chi connectivity index (χ0) is 31.4. The molecule has 0 radical (unpaired) electrons. The van der Waals surface area contributed by atoms with Crippen LogP contribution in [0.25, 0.3) is 5.69 Å². The van der Waals surface area contributed by atoms with E-state index in [0.717, 1.165) is 28.2 Å². The van der Waals surface area contributed by atoms with Crippen LogP contribution in [0.15, 0.2) is 113 Å². The van der Waals surface area contributed by atoms with Gasteiger partial charge >= 0.3 is 0 Å². The quantitative estimate of drug-likeness (QED) is 0.131. The molecule has 5 rings (SSSR count). The van der Waals surface area contributed by atoms with Gasteiger partial charge in [-0.1, -0.05) is 65.7 Å². The molecule has 0 aliphatic heterocycles. The summed E-state index contributed by atoms with van der Waals surface area (Å²) in [6.45, 7) is 5.84. The van der Waals surface area contributed by atoms with Gasteiger partial charge in [-0.05, 0) is 92.6 Å². The lowest BCUT2D eigenvalue weighted by atomic mass is 10.1. The molecule has 1 N–H and O–H groups in total.